The Morgan fingerprint density at radius 2 is 2.26 bits per heavy atom. The largest absolute Gasteiger partial charge is 0.347 e. The number of nitrogens with zero attached hydrogens (tertiary/aromatic N) is 2. The molecule has 1 aliphatic rings. The van der Waals surface area contributed by atoms with Crippen molar-refractivity contribution in [3.05, 3.63) is 19.9 Å². The summed E-state index contributed by atoms with van der Waals surface area (Å²) in [5, 5.41) is 5.02. The zero-order chi connectivity index (χ0) is 14.0. The van der Waals surface area contributed by atoms with Crippen LogP contribution in [0.4, 0.5) is 0 Å². The molecule has 1 aliphatic heterocycles. The number of rotatable bonds is 2. The van der Waals surface area contributed by atoms with Crippen LogP contribution in [-0.2, 0) is 4.79 Å². The molecular weight excluding hydrogens is 377 g/mol. The first-order valence-electron chi connectivity index (χ1n) is 5.97. The van der Waals surface area contributed by atoms with Crippen molar-refractivity contribution in [2.24, 2.45) is 0 Å². The van der Waals surface area contributed by atoms with Crippen LogP contribution in [0.1, 0.15) is 10.4 Å². The second kappa shape index (κ2) is 6.19. The topological polar surface area (TPSA) is 52.7 Å². The van der Waals surface area contributed by atoms with E-state index in [1.165, 1.54) is 4.90 Å². The van der Waals surface area contributed by atoms with Crippen molar-refractivity contribution in [2.45, 2.75) is 6.04 Å². The molecule has 1 N–H and O–H groups in total. The average Bonchev–Trinajstić information content (AvgIpc) is 2.83. The van der Waals surface area contributed by atoms with Gasteiger partial charge in [0.1, 0.15) is 6.04 Å². The minimum atomic E-state index is -0.409. The van der Waals surface area contributed by atoms with Crippen LogP contribution < -0.4 is 5.32 Å². The summed E-state index contributed by atoms with van der Waals surface area (Å²) in [5.74, 6) is -0.0913. The molecule has 2 rings (SSSR count). The lowest BCUT2D eigenvalue weighted by Crippen LogP contribution is -2.59. The van der Waals surface area contributed by atoms with Gasteiger partial charge in [0, 0.05) is 39.1 Å². The zero-order valence-corrected chi connectivity index (χ0v) is 13.8. The van der Waals surface area contributed by atoms with E-state index >= 15 is 0 Å². The van der Waals surface area contributed by atoms with Crippen molar-refractivity contribution in [2.75, 3.05) is 33.7 Å². The van der Waals surface area contributed by atoms with Gasteiger partial charge < -0.3 is 15.1 Å². The van der Waals surface area contributed by atoms with Crippen LogP contribution in [-0.4, -0.2) is 61.4 Å². The van der Waals surface area contributed by atoms with Crippen LogP contribution >= 0.6 is 33.9 Å². The van der Waals surface area contributed by atoms with E-state index in [2.05, 4.69) is 27.9 Å². The predicted molar refractivity (Wildman–Crippen MR) is 83.4 cm³/mol. The number of likely N-dealkylation sites (N-methyl/N-ethyl adjacent to an activating group) is 1. The molecule has 1 saturated heterocycles. The van der Waals surface area contributed by atoms with Crippen LogP contribution in [0.3, 0.4) is 0 Å². The van der Waals surface area contributed by atoms with Gasteiger partial charge in [-0.2, -0.15) is 0 Å². The van der Waals surface area contributed by atoms with E-state index < -0.39 is 6.04 Å². The Hall–Kier alpha value is -0.670. The number of carbonyl (C=O) groups is 2. The third kappa shape index (κ3) is 3.26. The average molecular weight is 393 g/mol. The van der Waals surface area contributed by atoms with Gasteiger partial charge in [0.2, 0.25) is 5.91 Å². The van der Waals surface area contributed by atoms with Gasteiger partial charge in [-0.3, -0.25) is 9.59 Å². The van der Waals surface area contributed by atoms with Crippen molar-refractivity contribution in [1.82, 2.24) is 15.1 Å². The normalized spacial score (nSPS) is 19.3. The Labute approximate surface area is 130 Å². The summed E-state index contributed by atoms with van der Waals surface area (Å²) < 4.78 is 1.08. The van der Waals surface area contributed by atoms with Crippen LogP contribution in [0.25, 0.3) is 0 Å². The first-order chi connectivity index (χ1) is 9.00. The van der Waals surface area contributed by atoms with Gasteiger partial charge in [-0.1, -0.05) is 0 Å². The van der Waals surface area contributed by atoms with Gasteiger partial charge in [-0.15, -0.1) is 11.3 Å². The quantitative estimate of drug-likeness (QED) is 0.759. The van der Waals surface area contributed by atoms with Gasteiger partial charge in [0.25, 0.3) is 5.91 Å². The first-order valence-corrected chi connectivity index (χ1v) is 7.93. The monoisotopic (exact) mass is 393 g/mol. The SMILES string of the molecule is CN(C)C(=O)C1CNCCN1C(=O)c1csc(I)c1. The van der Waals surface area contributed by atoms with E-state index in [-0.39, 0.29) is 11.8 Å². The summed E-state index contributed by atoms with van der Waals surface area (Å²) in [6.45, 7) is 1.81. The first kappa shape index (κ1) is 14.7. The Bertz CT molecular complexity index is 489. The van der Waals surface area contributed by atoms with E-state index in [0.717, 1.165) is 9.43 Å². The maximum absolute atomic E-state index is 12.5. The van der Waals surface area contributed by atoms with Crippen LogP contribution in [0, 0.1) is 2.88 Å². The maximum Gasteiger partial charge on any atom is 0.255 e. The molecule has 7 heteroatoms. The Balaban J connectivity index is 2.20. The van der Waals surface area contributed by atoms with Gasteiger partial charge in [0.05, 0.1) is 8.45 Å². The standard InChI is InChI=1S/C12H16IN3O2S/c1-15(2)12(18)9-6-14-3-4-16(9)11(17)8-5-10(13)19-7-8/h5,7,9,14H,3-4,6H2,1-2H3. The van der Waals surface area contributed by atoms with E-state index in [0.29, 0.717) is 18.7 Å². The van der Waals surface area contributed by atoms with E-state index in [4.69, 9.17) is 0 Å². The van der Waals surface area contributed by atoms with Gasteiger partial charge in [-0.05, 0) is 28.7 Å². The van der Waals surface area contributed by atoms with Crippen molar-refractivity contribution < 1.29 is 9.59 Å². The molecular formula is C12H16IN3O2S. The molecule has 0 saturated carbocycles. The lowest BCUT2D eigenvalue weighted by Gasteiger charge is -2.36. The van der Waals surface area contributed by atoms with Gasteiger partial charge in [-0.25, -0.2) is 0 Å². The third-order valence-corrected chi connectivity index (χ3v) is 4.83. The van der Waals surface area contributed by atoms with Crippen LogP contribution in [0.15, 0.2) is 11.4 Å². The minimum Gasteiger partial charge on any atom is -0.347 e. The number of hydrogen-bond donors (Lipinski definition) is 1. The minimum absolute atomic E-state index is 0.0366. The van der Waals surface area contributed by atoms with Crippen molar-refractivity contribution in [1.29, 1.82) is 0 Å². The van der Waals surface area contributed by atoms with Gasteiger partial charge in [0.15, 0.2) is 0 Å². The fourth-order valence-corrected chi connectivity index (χ4v) is 3.37. The number of carbonyl (C=O) groups excluding carboxylic acids is 2. The summed E-state index contributed by atoms with van der Waals surface area (Å²) >= 11 is 3.74. The number of nitrogens with one attached hydrogen (secondary N) is 1. The molecule has 19 heavy (non-hydrogen) atoms. The second-order valence-corrected chi connectivity index (χ2v) is 7.40. The fourth-order valence-electron chi connectivity index (χ4n) is 2.05. The molecule has 0 aromatic carbocycles. The Morgan fingerprint density at radius 3 is 2.84 bits per heavy atom. The molecule has 1 aromatic heterocycles. The van der Waals surface area contributed by atoms with E-state index in [1.807, 2.05) is 11.4 Å². The molecule has 104 valence electrons. The predicted octanol–water partition coefficient (Wildman–Crippen LogP) is 0.855. The second-order valence-electron chi connectivity index (χ2n) is 4.59. The van der Waals surface area contributed by atoms with Crippen molar-refractivity contribution in [3.63, 3.8) is 0 Å². The van der Waals surface area contributed by atoms with Crippen LogP contribution in [0.5, 0.6) is 0 Å². The number of piperazine rings is 1. The van der Waals surface area contributed by atoms with Crippen LogP contribution in [0.2, 0.25) is 0 Å². The lowest BCUT2D eigenvalue weighted by molar-refractivity contribution is -0.134. The highest BCUT2D eigenvalue weighted by Crippen LogP contribution is 2.20. The molecule has 1 atom stereocenters. The third-order valence-electron chi connectivity index (χ3n) is 3.04. The molecule has 5 nitrogen and oxygen atoms in total. The highest BCUT2D eigenvalue weighted by atomic mass is 127. The molecule has 0 radical (unpaired) electrons. The molecule has 1 unspecified atom stereocenters. The Kier molecular flexibility index (Phi) is 4.80. The lowest BCUT2D eigenvalue weighted by atomic mass is 10.1. The van der Waals surface area contributed by atoms with Gasteiger partial charge >= 0.3 is 0 Å². The number of hydrogen-bond acceptors (Lipinski definition) is 4. The highest BCUT2D eigenvalue weighted by molar-refractivity contribution is 14.1. The summed E-state index contributed by atoms with van der Waals surface area (Å²) in [7, 11) is 3.43. The maximum atomic E-state index is 12.5. The smallest absolute Gasteiger partial charge is 0.255 e. The molecule has 1 fully saturated rings. The molecule has 0 aliphatic carbocycles. The fraction of sp³-hybridized carbons (Fsp3) is 0.500. The number of amides is 2. The zero-order valence-electron chi connectivity index (χ0n) is 10.9. The molecule has 2 amide bonds. The van der Waals surface area contributed by atoms with Crippen molar-refractivity contribution >= 4 is 45.7 Å². The molecule has 0 spiro atoms. The summed E-state index contributed by atoms with van der Waals surface area (Å²) in [5.41, 5.74) is 0.674. The molecule has 2 heterocycles. The van der Waals surface area contributed by atoms with E-state index in [9.17, 15) is 9.59 Å². The summed E-state index contributed by atoms with van der Waals surface area (Å²) in [4.78, 5) is 27.8. The highest BCUT2D eigenvalue weighted by Gasteiger charge is 2.33. The summed E-state index contributed by atoms with van der Waals surface area (Å²) in [6, 6.07) is 1.46. The molecule has 1 aromatic rings. The number of halogens is 1. The van der Waals surface area contributed by atoms with E-state index in [1.54, 1.807) is 30.3 Å². The Morgan fingerprint density at radius 1 is 1.53 bits per heavy atom. The number of thiophene rings is 1. The molecule has 0 bridgehead atoms. The summed E-state index contributed by atoms with van der Waals surface area (Å²) in [6.07, 6.45) is 0. The van der Waals surface area contributed by atoms with Crippen molar-refractivity contribution in [3.8, 4) is 0 Å².